The molecule has 20 heavy (non-hydrogen) atoms. The smallest absolute Gasteiger partial charge is 0.320 e. The lowest BCUT2D eigenvalue weighted by atomic mass is 10.3. The van der Waals surface area contributed by atoms with E-state index in [9.17, 15) is 18.0 Å². The van der Waals surface area contributed by atoms with E-state index in [1.807, 2.05) is 0 Å². The minimum Gasteiger partial charge on any atom is -0.320 e. The minimum absolute atomic E-state index is 0.150. The zero-order valence-corrected chi connectivity index (χ0v) is 11.7. The fourth-order valence-electron chi connectivity index (χ4n) is 1.24. The molecule has 2 aromatic rings. The highest BCUT2D eigenvalue weighted by atomic mass is 35.5. The van der Waals surface area contributed by atoms with Gasteiger partial charge in [0.2, 0.25) is 10.0 Å². The normalized spacial score (nSPS) is 11.4. The Morgan fingerprint density at radius 1 is 1.15 bits per heavy atom. The van der Waals surface area contributed by atoms with Crippen LogP contribution in [0.2, 0.25) is 10.0 Å². The second kappa shape index (κ2) is 5.55. The molecule has 0 aliphatic carbocycles. The van der Waals surface area contributed by atoms with Gasteiger partial charge in [-0.15, -0.1) is 10.2 Å². The van der Waals surface area contributed by atoms with Crippen LogP contribution in [-0.4, -0.2) is 16.1 Å². The van der Waals surface area contributed by atoms with Crippen molar-refractivity contribution in [3.05, 3.63) is 38.3 Å². The van der Waals surface area contributed by atoms with Crippen LogP contribution in [0.5, 0.6) is 0 Å². The summed E-state index contributed by atoms with van der Waals surface area (Å²) in [6, 6.07) is 4.25. The van der Waals surface area contributed by atoms with Crippen molar-refractivity contribution < 1.29 is 18.0 Å². The second-order valence-corrected chi connectivity index (χ2v) is 5.37. The zero-order chi connectivity index (χ0) is 14.9. The lowest BCUT2D eigenvalue weighted by molar-refractivity contribution is -0.138. The van der Waals surface area contributed by atoms with Crippen molar-refractivity contribution in [3.8, 4) is 0 Å². The molecule has 0 atom stereocenters. The van der Waals surface area contributed by atoms with Gasteiger partial charge < -0.3 is 5.32 Å². The number of benzene rings is 1. The molecule has 0 radical (unpaired) electrons. The highest BCUT2D eigenvalue weighted by Crippen LogP contribution is 2.31. The molecule has 2 rings (SSSR count). The number of halogens is 5. The van der Waals surface area contributed by atoms with Crippen LogP contribution in [0.15, 0.2) is 18.2 Å². The van der Waals surface area contributed by atoms with Crippen LogP contribution in [0.25, 0.3) is 0 Å². The van der Waals surface area contributed by atoms with Gasteiger partial charge in [-0.25, -0.2) is 0 Å². The standard InChI is InChI=1S/C10H4Cl2F3N3OS/c11-4-1-5(12)3-6(2-4)16-7(19)8-17-18-9(20-8)10(13,14)15/h1-3H,(H,16,19). The molecule has 0 unspecified atom stereocenters. The molecular weight excluding hydrogens is 338 g/mol. The SMILES string of the molecule is O=C(Nc1cc(Cl)cc(Cl)c1)c1nnc(C(F)(F)F)s1. The molecule has 0 fully saturated rings. The molecule has 1 aromatic carbocycles. The number of carbonyl (C=O) groups excluding carboxylic acids is 1. The average Bonchev–Trinajstić information content (AvgIpc) is 2.75. The van der Waals surface area contributed by atoms with Gasteiger partial charge in [0.25, 0.3) is 5.91 Å². The van der Waals surface area contributed by atoms with Crippen molar-refractivity contribution in [3.63, 3.8) is 0 Å². The van der Waals surface area contributed by atoms with Gasteiger partial charge in [0.15, 0.2) is 0 Å². The minimum atomic E-state index is -4.63. The Bertz CT molecular complexity index is 639. The van der Waals surface area contributed by atoms with Crippen LogP contribution in [0.1, 0.15) is 14.8 Å². The molecule has 1 aromatic heterocycles. The summed E-state index contributed by atoms with van der Waals surface area (Å²) in [5.74, 6) is -0.823. The summed E-state index contributed by atoms with van der Waals surface area (Å²) in [6.45, 7) is 0. The van der Waals surface area contributed by atoms with Crippen molar-refractivity contribution in [1.29, 1.82) is 0 Å². The Labute approximate surface area is 124 Å². The lowest BCUT2D eigenvalue weighted by Gasteiger charge is -2.03. The largest absolute Gasteiger partial charge is 0.445 e. The van der Waals surface area contributed by atoms with Crippen molar-refractivity contribution in [2.24, 2.45) is 0 Å². The Hall–Kier alpha value is -1.38. The maximum Gasteiger partial charge on any atom is 0.445 e. The lowest BCUT2D eigenvalue weighted by Crippen LogP contribution is -2.11. The van der Waals surface area contributed by atoms with Crippen LogP contribution < -0.4 is 5.32 Å². The maximum atomic E-state index is 12.3. The first kappa shape index (κ1) is 15.0. The number of aromatic nitrogens is 2. The molecule has 0 bridgehead atoms. The van der Waals surface area contributed by atoms with Crippen molar-refractivity contribution >= 4 is 46.1 Å². The molecule has 0 aliphatic rings. The predicted molar refractivity (Wildman–Crippen MR) is 69.3 cm³/mol. The monoisotopic (exact) mass is 341 g/mol. The van der Waals surface area contributed by atoms with Crippen LogP contribution in [0.4, 0.5) is 18.9 Å². The molecule has 1 amide bonds. The summed E-state index contributed by atoms with van der Waals surface area (Å²) in [6.07, 6.45) is -4.63. The topological polar surface area (TPSA) is 54.9 Å². The van der Waals surface area contributed by atoms with Crippen LogP contribution in [0, 0.1) is 0 Å². The highest BCUT2D eigenvalue weighted by molar-refractivity contribution is 7.13. The van der Waals surface area contributed by atoms with Gasteiger partial charge in [-0.05, 0) is 18.2 Å². The van der Waals surface area contributed by atoms with Crippen LogP contribution >= 0.6 is 34.5 Å². The summed E-state index contributed by atoms with van der Waals surface area (Å²) in [7, 11) is 0. The molecule has 1 heterocycles. The summed E-state index contributed by atoms with van der Waals surface area (Å²) < 4.78 is 37.0. The number of carbonyl (C=O) groups is 1. The number of alkyl halides is 3. The number of hydrogen-bond donors (Lipinski definition) is 1. The van der Waals surface area contributed by atoms with Gasteiger partial charge in [0, 0.05) is 15.7 Å². The molecule has 0 aliphatic heterocycles. The number of nitrogens with zero attached hydrogens (tertiary/aromatic N) is 2. The van der Waals surface area contributed by atoms with Gasteiger partial charge >= 0.3 is 6.18 Å². The van der Waals surface area contributed by atoms with Crippen molar-refractivity contribution in [2.45, 2.75) is 6.18 Å². The third kappa shape index (κ3) is 3.59. The van der Waals surface area contributed by atoms with E-state index >= 15 is 0 Å². The summed E-state index contributed by atoms with van der Waals surface area (Å²) in [5, 5.41) is 7.41. The molecule has 0 saturated heterocycles. The summed E-state index contributed by atoms with van der Waals surface area (Å²) >= 11 is 11.6. The Morgan fingerprint density at radius 3 is 2.25 bits per heavy atom. The van der Waals surface area contributed by atoms with Gasteiger partial charge in [-0.1, -0.05) is 34.5 Å². The fourth-order valence-corrected chi connectivity index (χ4v) is 2.37. The van der Waals surface area contributed by atoms with Crippen LogP contribution in [0.3, 0.4) is 0 Å². The number of nitrogens with one attached hydrogen (secondary N) is 1. The van der Waals surface area contributed by atoms with E-state index in [-0.39, 0.29) is 27.1 Å². The number of anilines is 1. The molecule has 106 valence electrons. The quantitative estimate of drug-likeness (QED) is 0.893. The highest BCUT2D eigenvalue weighted by Gasteiger charge is 2.36. The van der Waals surface area contributed by atoms with E-state index in [1.165, 1.54) is 18.2 Å². The van der Waals surface area contributed by atoms with E-state index in [0.29, 0.717) is 0 Å². The summed E-state index contributed by atoms with van der Waals surface area (Å²) in [5.41, 5.74) is 0.247. The molecule has 10 heteroatoms. The summed E-state index contributed by atoms with van der Waals surface area (Å²) in [4.78, 5) is 11.7. The van der Waals surface area contributed by atoms with E-state index in [4.69, 9.17) is 23.2 Å². The molecular formula is C10H4Cl2F3N3OS. The number of amides is 1. The van der Waals surface area contributed by atoms with Gasteiger partial charge in [0.1, 0.15) is 0 Å². The van der Waals surface area contributed by atoms with Crippen LogP contribution in [-0.2, 0) is 6.18 Å². The molecule has 1 N–H and O–H groups in total. The van der Waals surface area contributed by atoms with Gasteiger partial charge in [-0.2, -0.15) is 13.2 Å². The first-order valence-corrected chi connectivity index (χ1v) is 6.51. The Morgan fingerprint density at radius 2 is 1.75 bits per heavy atom. The van der Waals surface area contributed by atoms with Crippen molar-refractivity contribution in [2.75, 3.05) is 5.32 Å². The number of hydrogen-bond acceptors (Lipinski definition) is 4. The molecule has 0 saturated carbocycles. The van der Waals surface area contributed by atoms with Gasteiger partial charge in [-0.3, -0.25) is 4.79 Å². The molecule has 4 nitrogen and oxygen atoms in total. The first-order valence-electron chi connectivity index (χ1n) is 4.94. The first-order chi connectivity index (χ1) is 9.25. The second-order valence-electron chi connectivity index (χ2n) is 3.52. The third-order valence-electron chi connectivity index (χ3n) is 1.98. The van der Waals surface area contributed by atoms with Gasteiger partial charge in [0.05, 0.1) is 0 Å². The number of rotatable bonds is 2. The average molecular weight is 342 g/mol. The zero-order valence-electron chi connectivity index (χ0n) is 9.33. The fraction of sp³-hybridized carbons (Fsp3) is 0.100. The Balaban J connectivity index is 2.18. The third-order valence-corrected chi connectivity index (χ3v) is 3.39. The van der Waals surface area contributed by atoms with E-state index in [2.05, 4.69) is 15.5 Å². The predicted octanol–water partition coefficient (Wildman–Crippen LogP) is 4.12. The van der Waals surface area contributed by atoms with E-state index in [1.54, 1.807) is 0 Å². The van der Waals surface area contributed by atoms with E-state index < -0.39 is 22.1 Å². The van der Waals surface area contributed by atoms with Crippen molar-refractivity contribution in [1.82, 2.24) is 10.2 Å². The van der Waals surface area contributed by atoms with E-state index in [0.717, 1.165) is 0 Å². The maximum absolute atomic E-state index is 12.3. The molecule has 0 spiro atoms. The Kier molecular flexibility index (Phi) is 4.17.